The molecule has 6 heteroatoms. The van der Waals surface area contributed by atoms with Crippen LogP contribution in [0.15, 0.2) is 47.3 Å². The topological polar surface area (TPSA) is 80.4 Å². The van der Waals surface area contributed by atoms with Gasteiger partial charge in [-0.25, -0.2) is 4.79 Å². The molecule has 0 aliphatic carbocycles. The molecular formula is C14H14N2O4. The molecule has 0 aliphatic heterocycles. The molecule has 0 unspecified atom stereocenters. The molecule has 6 nitrogen and oxygen atoms in total. The monoisotopic (exact) mass is 274 g/mol. The summed E-state index contributed by atoms with van der Waals surface area (Å²) >= 11 is 0. The Morgan fingerprint density at radius 2 is 1.95 bits per heavy atom. The zero-order chi connectivity index (χ0) is 14.4. The number of aromatic nitrogens is 1. The third-order valence-corrected chi connectivity index (χ3v) is 2.54. The highest BCUT2D eigenvalue weighted by molar-refractivity contribution is 5.86. The first-order valence-electron chi connectivity index (χ1n) is 5.94. The van der Waals surface area contributed by atoms with E-state index in [9.17, 15) is 9.59 Å². The number of aromatic amines is 1. The van der Waals surface area contributed by atoms with E-state index in [-0.39, 0.29) is 18.0 Å². The van der Waals surface area contributed by atoms with E-state index in [0.29, 0.717) is 5.69 Å². The van der Waals surface area contributed by atoms with Crippen molar-refractivity contribution >= 4 is 11.8 Å². The van der Waals surface area contributed by atoms with Crippen LogP contribution in [-0.2, 0) is 11.3 Å². The Morgan fingerprint density at radius 1 is 1.20 bits per heavy atom. The van der Waals surface area contributed by atoms with Crippen molar-refractivity contribution in [3.63, 3.8) is 0 Å². The van der Waals surface area contributed by atoms with Crippen molar-refractivity contribution in [2.75, 3.05) is 12.4 Å². The standard InChI is InChI=1S/C14H14N2O4/c1-19-13-11(7-8-12(17)16-13)15-14(18)20-9-10-5-3-2-4-6-10/h2-8H,9H2,1H3,(H,15,18)(H,16,17). The Labute approximate surface area is 115 Å². The van der Waals surface area contributed by atoms with Crippen molar-refractivity contribution < 1.29 is 14.3 Å². The maximum absolute atomic E-state index is 11.7. The fourth-order valence-electron chi connectivity index (χ4n) is 1.58. The number of anilines is 1. The summed E-state index contributed by atoms with van der Waals surface area (Å²) in [5, 5.41) is 2.50. The summed E-state index contributed by atoms with van der Waals surface area (Å²) in [7, 11) is 1.39. The van der Waals surface area contributed by atoms with Gasteiger partial charge in [0.15, 0.2) is 0 Å². The highest BCUT2D eigenvalue weighted by Crippen LogP contribution is 2.18. The van der Waals surface area contributed by atoms with Crippen molar-refractivity contribution in [3.8, 4) is 5.88 Å². The van der Waals surface area contributed by atoms with Crippen LogP contribution in [0.2, 0.25) is 0 Å². The number of amides is 1. The third-order valence-electron chi connectivity index (χ3n) is 2.54. The van der Waals surface area contributed by atoms with Gasteiger partial charge in [0, 0.05) is 6.07 Å². The van der Waals surface area contributed by atoms with E-state index in [1.165, 1.54) is 19.2 Å². The van der Waals surface area contributed by atoms with Crippen LogP contribution >= 0.6 is 0 Å². The van der Waals surface area contributed by atoms with E-state index in [1.807, 2.05) is 30.3 Å². The number of carbonyl (C=O) groups is 1. The van der Waals surface area contributed by atoms with Gasteiger partial charge in [-0.3, -0.25) is 15.1 Å². The summed E-state index contributed by atoms with van der Waals surface area (Å²) in [4.78, 5) is 25.2. The Morgan fingerprint density at radius 3 is 2.65 bits per heavy atom. The number of H-pyrrole nitrogens is 1. The number of rotatable bonds is 4. The molecule has 20 heavy (non-hydrogen) atoms. The molecule has 1 heterocycles. The van der Waals surface area contributed by atoms with Gasteiger partial charge in [-0.2, -0.15) is 0 Å². The summed E-state index contributed by atoms with van der Waals surface area (Å²) in [6.45, 7) is 0.165. The largest absolute Gasteiger partial charge is 0.481 e. The van der Waals surface area contributed by atoms with Crippen LogP contribution < -0.4 is 15.6 Å². The Balaban J connectivity index is 1.96. The van der Waals surface area contributed by atoms with Gasteiger partial charge < -0.3 is 9.47 Å². The zero-order valence-corrected chi connectivity index (χ0v) is 10.9. The minimum Gasteiger partial charge on any atom is -0.481 e. The van der Waals surface area contributed by atoms with Gasteiger partial charge in [0.25, 0.3) is 5.56 Å². The minimum absolute atomic E-state index is 0.165. The maximum Gasteiger partial charge on any atom is 0.412 e. The lowest BCUT2D eigenvalue weighted by Gasteiger charge is -2.09. The van der Waals surface area contributed by atoms with E-state index < -0.39 is 6.09 Å². The van der Waals surface area contributed by atoms with Crippen LogP contribution in [0.25, 0.3) is 0 Å². The molecule has 0 spiro atoms. The fourth-order valence-corrected chi connectivity index (χ4v) is 1.58. The molecule has 2 rings (SSSR count). The van der Waals surface area contributed by atoms with Crippen molar-refractivity contribution in [2.45, 2.75) is 6.61 Å². The third kappa shape index (κ3) is 3.61. The number of nitrogens with one attached hydrogen (secondary N) is 2. The lowest BCUT2D eigenvalue weighted by molar-refractivity contribution is 0.155. The summed E-state index contributed by atoms with van der Waals surface area (Å²) in [6, 6.07) is 12.1. The molecule has 1 aromatic carbocycles. The van der Waals surface area contributed by atoms with E-state index in [0.717, 1.165) is 5.56 Å². The average Bonchev–Trinajstić information content (AvgIpc) is 2.48. The molecule has 2 N–H and O–H groups in total. The second-order valence-corrected chi connectivity index (χ2v) is 3.96. The van der Waals surface area contributed by atoms with Gasteiger partial charge in [-0.15, -0.1) is 0 Å². The van der Waals surface area contributed by atoms with Crippen LogP contribution in [0, 0.1) is 0 Å². The molecule has 0 saturated carbocycles. The molecule has 2 aromatic rings. The highest BCUT2D eigenvalue weighted by Gasteiger charge is 2.09. The first-order chi connectivity index (χ1) is 9.69. The quantitative estimate of drug-likeness (QED) is 0.895. The van der Waals surface area contributed by atoms with Crippen molar-refractivity contribution in [2.24, 2.45) is 0 Å². The average molecular weight is 274 g/mol. The van der Waals surface area contributed by atoms with Gasteiger partial charge >= 0.3 is 6.09 Å². The first-order valence-corrected chi connectivity index (χ1v) is 5.94. The highest BCUT2D eigenvalue weighted by atomic mass is 16.5. The molecule has 104 valence electrons. The predicted molar refractivity (Wildman–Crippen MR) is 73.9 cm³/mol. The number of carbonyl (C=O) groups excluding carboxylic acids is 1. The number of hydrogen-bond donors (Lipinski definition) is 2. The van der Waals surface area contributed by atoms with Gasteiger partial charge in [-0.1, -0.05) is 30.3 Å². The van der Waals surface area contributed by atoms with E-state index in [4.69, 9.17) is 9.47 Å². The van der Waals surface area contributed by atoms with Gasteiger partial charge in [-0.05, 0) is 11.6 Å². The maximum atomic E-state index is 11.7. The van der Waals surface area contributed by atoms with Crippen LogP contribution in [-0.4, -0.2) is 18.2 Å². The lowest BCUT2D eigenvalue weighted by Crippen LogP contribution is -2.16. The minimum atomic E-state index is -0.626. The number of methoxy groups -OCH3 is 1. The Kier molecular flexibility index (Phi) is 4.39. The van der Waals surface area contributed by atoms with Gasteiger partial charge in [0.2, 0.25) is 5.88 Å². The SMILES string of the molecule is COc1[nH]c(=O)ccc1NC(=O)OCc1ccccc1. The van der Waals surface area contributed by atoms with Crippen LogP contribution in [0.3, 0.4) is 0 Å². The van der Waals surface area contributed by atoms with Gasteiger partial charge in [0.05, 0.1) is 7.11 Å². The zero-order valence-electron chi connectivity index (χ0n) is 10.9. The molecule has 1 aromatic heterocycles. The molecule has 0 radical (unpaired) electrons. The number of benzene rings is 1. The predicted octanol–water partition coefficient (Wildman–Crippen LogP) is 2.13. The van der Waals surface area contributed by atoms with Crippen LogP contribution in [0.5, 0.6) is 5.88 Å². The van der Waals surface area contributed by atoms with E-state index >= 15 is 0 Å². The Bertz CT molecular complexity index is 637. The Hall–Kier alpha value is -2.76. The second kappa shape index (κ2) is 6.42. The van der Waals surface area contributed by atoms with Gasteiger partial charge in [0.1, 0.15) is 12.3 Å². The summed E-state index contributed by atoms with van der Waals surface area (Å²) < 4.78 is 10.0. The molecule has 1 amide bonds. The van der Waals surface area contributed by atoms with Crippen LogP contribution in [0.1, 0.15) is 5.56 Å². The summed E-state index contributed by atoms with van der Waals surface area (Å²) in [6.07, 6.45) is -0.626. The molecular weight excluding hydrogens is 260 g/mol. The van der Waals surface area contributed by atoms with E-state index in [2.05, 4.69) is 10.3 Å². The summed E-state index contributed by atoms with van der Waals surface area (Å²) in [5.41, 5.74) is 0.909. The smallest absolute Gasteiger partial charge is 0.412 e. The number of hydrogen-bond acceptors (Lipinski definition) is 4. The fraction of sp³-hybridized carbons (Fsp3) is 0.143. The molecule has 0 atom stereocenters. The molecule has 0 saturated heterocycles. The van der Waals surface area contributed by atoms with Crippen LogP contribution in [0.4, 0.5) is 10.5 Å². The molecule has 0 aliphatic rings. The number of ether oxygens (including phenoxy) is 2. The van der Waals surface area contributed by atoms with Crippen molar-refractivity contribution in [1.29, 1.82) is 0 Å². The van der Waals surface area contributed by atoms with E-state index in [1.54, 1.807) is 0 Å². The first kappa shape index (κ1) is 13.7. The van der Waals surface area contributed by atoms with Crippen molar-refractivity contribution in [3.05, 3.63) is 58.4 Å². The summed E-state index contributed by atoms with van der Waals surface area (Å²) in [5.74, 6) is 0.175. The van der Waals surface area contributed by atoms with Crippen molar-refractivity contribution in [1.82, 2.24) is 4.98 Å². The number of pyridine rings is 1. The lowest BCUT2D eigenvalue weighted by atomic mass is 10.2. The second-order valence-electron chi connectivity index (χ2n) is 3.96. The molecule has 0 fully saturated rings. The molecule has 0 bridgehead atoms. The normalized spacial score (nSPS) is 9.85.